The summed E-state index contributed by atoms with van der Waals surface area (Å²) in [5.41, 5.74) is -0.0396. The zero-order valence-electron chi connectivity index (χ0n) is 10.9. The summed E-state index contributed by atoms with van der Waals surface area (Å²) in [5.74, 6) is -0.505. The van der Waals surface area contributed by atoms with Gasteiger partial charge in [-0.2, -0.15) is 0 Å². The van der Waals surface area contributed by atoms with Gasteiger partial charge in [-0.15, -0.1) is 0 Å². The Balaban J connectivity index is 2.81. The normalized spacial score (nSPS) is 37.2. The highest BCUT2D eigenvalue weighted by molar-refractivity contribution is 5.02. The molecule has 0 aliphatic carbocycles. The largest absolute Gasteiger partial charge is 0.349 e. The Labute approximate surface area is 93.5 Å². The SMILES string of the molecule is CCO[C@]1(C)OCC[C@@]1(C)NC(C)(C)C. The molecule has 0 spiro atoms. The van der Waals surface area contributed by atoms with Crippen molar-refractivity contribution >= 4 is 0 Å². The van der Waals surface area contributed by atoms with Gasteiger partial charge in [0.1, 0.15) is 0 Å². The molecule has 0 saturated carbocycles. The van der Waals surface area contributed by atoms with Crippen molar-refractivity contribution in [2.45, 2.75) is 64.8 Å². The Morgan fingerprint density at radius 2 is 1.93 bits per heavy atom. The van der Waals surface area contributed by atoms with Crippen molar-refractivity contribution < 1.29 is 9.47 Å². The van der Waals surface area contributed by atoms with Crippen LogP contribution in [-0.2, 0) is 9.47 Å². The third kappa shape index (κ3) is 2.71. The predicted molar refractivity (Wildman–Crippen MR) is 61.9 cm³/mol. The van der Waals surface area contributed by atoms with E-state index >= 15 is 0 Å². The first-order valence-corrected chi connectivity index (χ1v) is 5.80. The molecule has 3 heteroatoms. The van der Waals surface area contributed by atoms with Crippen LogP contribution in [0.4, 0.5) is 0 Å². The van der Waals surface area contributed by atoms with Gasteiger partial charge >= 0.3 is 0 Å². The van der Waals surface area contributed by atoms with Crippen LogP contribution in [-0.4, -0.2) is 30.1 Å². The van der Waals surface area contributed by atoms with Crippen LogP contribution >= 0.6 is 0 Å². The zero-order valence-corrected chi connectivity index (χ0v) is 10.9. The summed E-state index contributed by atoms with van der Waals surface area (Å²) in [5, 5.41) is 3.62. The molecule has 1 aliphatic heterocycles. The van der Waals surface area contributed by atoms with Crippen LogP contribution in [0.15, 0.2) is 0 Å². The molecule has 1 saturated heterocycles. The van der Waals surface area contributed by atoms with E-state index in [0.29, 0.717) is 6.61 Å². The molecule has 0 bridgehead atoms. The molecule has 3 nitrogen and oxygen atoms in total. The lowest BCUT2D eigenvalue weighted by Crippen LogP contribution is -2.62. The lowest BCUT2D eigenvalue weighted by atomic mass is 9.88. The quantitative estimate of drug-likeness (QED) is 0.783. The number of nitrogens with one attached hydrogen (secondary N) is 1. The number of rotatable bonds is 3. The standard InChI is InChI=1S/C12H25NO2/c1-7-14-12(6)11(5,8-9-15-12)13-10(2,3)4/h13H,7-9H2,1-6H3/t11-,12-/m1/s1. The molecule has 90 valence electrons. The van der Waals surface area contributed by atoms with Gasteiger partial charge in [0.25, 0.3) is 0 Å². The van der Waals surface area contributed by atoms with Crippen molar-refractivity contribution in [1.29, 1.82) is 0 Å². The van der Waals surface area contributed by atoms with Gasteiger partial charge in [-0.3, -0.25) is 0 Å². The van der Waals surface area contributed by atoms with Crippen molar-refractivity contribution in [3.8, 4) is 0 Å². The van der Waals surface area contributed by atoms with Gasteiger partial charge in [-0.05, 0) is 48.0 Å². The average molecular weight is 215 g/mol. The molecule has 0 aromatic heterocycles. The van der Waals surface area contributed by atoms with Crippen LogP contribution in [0.1, 0.15) is 48.0 Å². The fourth-order valence-corrected chi connectivity index (χ4v) is 2.32. The maximum atomic E-state index is 5.77. The van der Waals surface area contributed by atoms with Crippen molar-refractivity contribution in [2.75, 3.05) is 13.2 Å². The average Bonchev–Trinajstić information content (AvgIpc) is 2.24. The van der Waals surface area contributed by atoms with Crippen LogP contribution in [0, 0.1) is 0 Å². The predicted octanol–water partition coefficient (Wildman–Crippen LogP) is 2.31. The summed E-state index contributed by atoms with van der Waals surface area (Å²) in [4.78, 5) is 0. The first kappa shape index (κ1) is 12.9. The number of ether oxygens (including phenoxy) is 2. The highest BCUT2D eigenvalue weighted by atomic mass is 16.7. The second-order valence-corrected chi connectivity index (χ2v) is 5.68. The minimum Gasteiger partial charge on any atom is -0.349 e. The molecule has 1 rings (SSSR count). The monoisotopic (exact) mass is 215 g/mol. The van der Waals surface area contributed by atoms with Crippen molar-refractivity contribution in [3.05, 3.63) is 0 Å². The maximum Gasteiger partial charge on any atom is 0.183 e. The van der Waals surface area contributed by atoms with Gasteiger partial charge in [0, 0.05) is 12.1 Å². The molecule has 2 atom stereocenters. The van der Waals surface area contributed by atoms with Crippen LogP contribution < -0.4 is 5.32 Å². The Morgan fingerprint density at radius 1 is 1.33 bits per heavy atom. The van der Waals surface area contributed by atoms with E-state index in [4.69, 9.17) is 9.47 Å². The van der Waals surface area contributed by atoms with E-state index in [1.807, 2.05) is 13.8 Å². The third-order valence-corrected chi connectivity index (χ3v) is 3.05. The summed E-state index contributed by atoms with van der Waals surface area (Å²) < 4.78 is 11.5. The zero-order chi connectivity index (χ0) is 11.7. The first-order valence-electron chi connectivity index (χ1n) is 5.80. The number of hydrogen-bond donors (Lipinski definition) is 1. The van der Waals surface area contributed by atoms with Gasteiger partial charge in [-0.25, -0.2) is 0 Å². The van der Waals surface area contributed by atoms with Gasteiger partial charge in [-0.1, -0.05) is 0 Å². The van der Waals surface area contributed by atoms with Gasteiger partial charge in [0.15, 0.2) is 5.79 Å². The molecule has 0 unspecified atom stereocenters. The van der Waals surface area contributed by atoms with Crippen molar-refractivity contribution in [3.63, 3.8) is 0 Å². The summed E-state index contributed by atoms with van der Waals surface area (Å²) in [6.07, 6.45) is 0.987. The van der Waals surface area contributed by atoms with E-state index in [0.717, 1.165) is 13.0 Å². The van der Waals surface area contributed by atoms with Gasteiger partial charge in [0.05, 0.1) is 12.1 Å². The Kier molecular flexibility index (Phi) is 3.49. The smallest absolute Gasteiger partial charge is 0.183 e. The topological polar surface area (TPSA) is 30.5 Å². The molecule has 0 aromatic rings. The third-order valence-electron chi connectivity index (χ3n) is 3.05. The van der Waals surface area contributed by atoms with E-state index in [1.54, 1.807) is 0 Å². The van der Waals surface area contributed by atoms with Crippen LogP contribution in [0.2, 0.25) is 0 Å². The van der Waals surface area contributed by atoms with E-state index in [9.17, 15) is 0 Å². The van der Waals surface area contributed by atoms with Gasteiger partial charge in [0.2, 0.25) is 0 Å². The highest BCUT2D eigenvalue weighted by Gasteiger charge is 2.52. The molecular weight excluding hydrogens is 190 g/mol. The Bertz CT molecular complexity index is 224. The first-order chi connectivity index (χ1) is 6.72. The molecule has 1 N–H and O–H groups in total. The summed E-state index contributed by atoms with van der Waals surface area (Å²) >= 11 is 0. The molecule has 1 fully saturated rings. The minimum absolute atomic E-state index is 0.0702. The number of hydrogen-bond acceptors (Lipinski definition) is 3. The molecule has 1 aliphatic rings. The fraction of sp³-hybridized carbons (Fsp3) is 1.00. The summed E-state index contributed by atoms with van der Waals surface area (Å²) in [6.45, 7) is 14.2. The van der Waals surface area contributed by atoms with Crippen molar-refractivity contribution in [1.82, 2.24) is 5.32 Å². The van der Waals surface area contributed by atoms with Crippen LogP contribution in [0.25, 0.3) is 0 Å². The Morgan fingerprint density at radius 3 is 2.40 bits per heavy atom. The molecule has 0 radical (unpaired) electrons. The molecule has 0 amide bonds. The lowest BCUT2D eigenvalue weighted by Gasteiger charge is -2.43. The highest BCUT2D eigenvalue weighted by Crippen LogP contribution is 2.37. The summed E-state index contributed by atoms with van der Waals surface area (Å²) in [6, 6.07) is 0. The maximum absolute atomic E-state index is 5.77. The lowest BCUT2D eigenvalue weighted by molar-refractivity contribution is -0.227. The van der Waals surface area contributed by atoms with Gasteiger partial charge < -0.3 is 14.8 Å². The van der Waals surface area contributed by atoms with Crippen LogP contribution in [0.5, 0.6) is 0 Å². The van der Waals surface area contributed by atoms with E-state index in [1.165, 1.54) is 0 Å². The minimum atomic E-state index is -0.505. The van der Waals surface area contributed by atoms with E-state index in [2.05, 4.69) is 33.0 Å². The molecule has 1 heterocycles. The van der Waals surface area contributed by atoms with E-state index in [-0.39, 0.29) is 11.1 Å². The summed E-state index contributed by atoms with van der Waals surface area (Å²) in [7, 11) is 0. The van der Waals surface area contributed by atoms with E-state index < -0.39 is 5.79 Å². The molecular formula is C12H25NO2. The van der Waals surface area contributed by atoms with Crippen molar-refractivity contribution in [2.24, 2.45) is 0 Å². The Hall–Kier alpha value is -0.120. The van der Waals surface area contributed by atoms with Crippen LogP contribution in [0.3, 0.4) is 0 Å². The molecule has 0 aromatic carbocycles. The second-order valence-electron chi connectivity index (χ2n) is 5.68. The molecule has 15 heavy (non-hydrogen) atoms. The fourth-order valence-electron chi connectivity index (χ4n) is 2.32. The second kappa shape index (κ2) is 4.04.